The summed E-state index contributed by atoms with van der Waals surface area (Å²) in [4.78, 5) is 19.4. The second-order valence-electron chi connectivity index (χ2n) is 6.13. The fraction of sp³-hybridized carbons (Fsp3) is 0.200. The number of rotatable bonds is 5. The summed E-state index contributed by atoms with van der Waals surface area (Å²) in [6, 6.07) is 10.6. The van der Waals surface area contributed by atoms with Crippen molar-refractivity contribution in [3.63, 3.8) is 0 Å². The van der Waals surface area contributed by atoms with Crippen LogP contribution in [0.1, 0.15) is 23.7 Å². The van der Waals surface area contributed by atoms with E-state index in [1.54, 1.807) is 17.0 Å². The Kier molecular flexibility index (Phi) is 6.19. The van der Waals surface area contributed by atoms with Crippen LogP contribution in [0.2, 0.25) is 5.02 Å². The summed E-state index contributed by atoms with van der Waals surface area (Å²) in [5, 5.41) is 2.69. The summed E-state index contributed by atoms with van der Waals surface area (Å²) in [6.07, 6.45) is 0. The van der Waals surface area contributed by atoms with Gasteiger partial charge < -0.3 is 0 Å². The molecule has 1 aromatic heterocycles. The van der Waals surface area contributed by atoms with Gasteiger partial charge in [0, 0.05) is 23.0 Å². The van der Waals surface area contributed by atoms with E-state index in [0.717, 1.165) is 27.4 Å². The number of benzene rings is 2. The van der Waals surface area contributed by atoms with Gasteiger partial charge in [-0.15, -0.1) is 23.1 Å². The molecule has 0 fully saturated rings. The van der Waals surface area contributed by atoms with Crippen molar-refractivity contribution in [3.8, 4) is 0 Å². The number of hydrogen-bond acceptors (Lipinski definition) is 4. The third-order valence-corrected chi connectivity index (χ3v) is 6.11. The highest BCUT2D eigenvalue weighted by Crippen LogP contribution is 2.33. The summed E-state index contributed by atoms with van der Waals surface area (Å²) >= 11 is 8.77. The minimum atomic E-state index is -0.428. The van der Waals surface area contributed by atoms with Gasteiger partial charge in [0.1, 0.15) is 5.82 Å². The molecule has 0 bridgehead atoms. The number of carbonyl (C=O) groups excluding carboxylic acids is 1. The van der Waals surface area contributed by atoms with E-state index in [1.807, 2.05) is 37.4 Å². The fourth-order valence-electron chi connectivity index (χ4n) is 2.65. The van der Waals surface area contributed by atoms with E-state index >= 15 is 0 Å². The maximum atomic E-state index is 13.3. The van der Waals surface area contributed by atoms with Gasteiger partial charge in [-0.1, -0.05) is 29.3 Å². The molecule has 0 aliphatic rings. The van der Waals surface area contributed by atoms with Gasteiger partial charge in [0.15, 0.2) is 5.13 Å². The third-order valence-electron chi connectivity index (χ3n) is 3.92. The Balaban J connectivity index is 1.79. The quantitative estimate of drug-likeness (QED) is 0.440. The van der Waals surface area contributed by atoms with Crippen LogP contribution in [-0.2, 0) is 10.5 Å². The van der Waals surface area contributed by atoms with E-state index in [9.17, 15) is 9.18 Å². The zero-order valence-corrected chi connectivity index (χ0v) is 17.5. The zero-order chi connectivity index (χ0) is 19.6. The summed E-state index contributed by atoms with van der Waals surface area (Å²) in [6.45, 7) is 5.55. The Morgan fingerprint density at radius 3 is 2.70 bits per heavy atom. The maximum absolute atomic E-state index is 13.3. The minimum absolute atomic E-state index is 0.0826. The molecule has 1 amide bonds. The largest absolute Gasteiger partial charge is 0.274 e. The predicted octanol–water partition coefficient (Wildman–Crippen LogP) is 6.53. The van der Waals surface area contributed by atoms with E-state index in [-0.39, 0.29) is 10.9 Å². The van der Waals surface area contributed by atoms with Gasteiger partial charge in [-0.3, -0.25) is 9.69 Å². The fourth-order valence-corrected chi connectivity index (χ4v) is 4.71. The number of aryl methyl sites for hydroxylation is 2. The summed E-state index contributed by atoms with van der Waals surface area (Å²) in [5.74, 6) is 0.0974. The van der Waals surface area contributed by atoms with Gasteiger partial charge in [0.05, 0.1) is 16.4 Å². The van der Waals surface area contributed by atoms with Crippen LogP contribution < -0.4 is 4.90 Å². The van der Waals surface area contributed by atoms with Crippen LogP contribution in [0.15, 0.2) is 46.7 Å². The SMILES string of the molecule is CC(=O)N(c1nc(CSc2ccc(F)c(Cl)c2)cs1)c1ccc(C)cc1C. The van der Waals surface area contributed by atoms with Crippen molar-refractivity contribution < 1.29 is 9.18 Å². The van der Waals surface area contributed by atoms with Crippen LogP contribution in [0.4, 0.5) is 15.2 Å². The molecular formula is C20H18ClFN2OS2. The highest BCUT2D eigenvalue weighted by atomic mass is 35.5. The number of anilines is 2. The summed E-state index contributed by atoms with van der Waals surface area (Å²) in [5.41, 5.74) is 3.87. The van der Waals surface area contributed by atoms with Crippen molar-refractivity contribution in [1.82, 2.24) is 4.98 Å². The van der Waals surface area contributed by atoms with Crippen LogP contribution in [0.5, 0.6) is 0 Å². The standard InChI is InChI=1S/C20H18ClFN2OS2/c1-12-4-7-19(13(2)8-12)24(14(3)25)20-23-15(11-27-20)10-26-16-5-6-18(22)17(21)9-16/h4-9,11H,10H2,1-3H3. The van der Waals surface area contributed by atoms with E-state index in [1.165, 1.54) is 36.1 Å². The Morgan fingerprint density at radius 1 is 1.26 bits per heavy atom. The van der Waals surface area contributed by atoms with Crippen molar-refractivity contribution >= 4 is 51.4 Å². The number of amides is 1. The van der Waals surface area contributed by atoms with E-state index in [4.69, 9.17) is 11.6 Å². The first kappa shape index (κ1) is 19.9. The number of hydrogen-bond donors (Lipinski definition) is 0. The van der Waals surface area contributed by atoms with E-state index in [2.05, 4.69) is 4.98 Å². The second kappa shape index (κ2) is 8.42. The molecule has 1 heterocycles. The normalized spacial score (nSPS) is 10.9. The van der Waals surface area contributed by atoms with Gasteiger partial charge in [-0.05, 0) is 43.7 Å². The molecule has 0 atom stereocenters. The average Bonchev–Trinajstić information content (AvgIpc) is 3.06. The Labute approximate surface area is 171 Å². The van der Waals surface area contributed by atoms with Crippen LogP contribution in [0.3, 0.4) is 0 Å². The van der Waals surface area contributed by atoms with Crippen LogP contribution >= 0.6 is 34.7 Å². The predicted molar refractivity (Wildman–Crippen MR) is 112 cm³/mol. The highest BCUT2D eigenvalue weighted by molar-refractivity contribution is 7.98. The lowest BCUT2D eigenvalue weighted by atomic mass is 10.1. The molecule has 0 saturated carbocycles. The summed E-state index contributed by atoms with van der Waals surface area (Å²) in [7, 11) is 0. The van der Waals surface area contributed by atoms with Crippen molar-refractivity contribution in [1.29, 1.82) is 0 Å². The number of halogens is 2. The number of nitrogens with zero attached hydrogens (tertiary/aromatic N) is 2. The van der Waals surface area contributed by atoms with Crippen LogP contribution in [0, 0.1) is 19.7 Å². The van der Waals surface area contributed by atoms with Crippen LogP contribution in [-0.4, -0.2) is 10.9 Å². The van der Waals surface area contributed by atoms with Crippen molar-refractivity contribution in [2.24, 2.45) is 0 Å². The second-order valence-corrected chi connectivity index (χ2v) is 8.42. The summed E-state index contributed by atoms with van der Waals surface area (Å²) < 4.78 is 13.3. The average molecular weight is 421 g/mol. The number of aromatic nitrogens is 1. The first-order valence-corrected chi connectivity index (χ1v) is 10.5. The maximum Gasteiger partial charge on any atom is 0.230 e. The minimum Gasteiger partial charge on any atom is -0.274 e. The molecule has 0 N–H and O–H groups in total. The lowest BCUT2D eigenvalue weighted by molar-refractivity contribution is -0.115. The lowest BCUT2D eigenvalue weighted by Gasteiger charge is -2.20. The van der Waals surface area contributed by atoms with Crippen molar-refractivity contribution in [2.75, 3.05) is 4.90 Å². The number of thioether (sulfide) groups is 1. The van der Waals surface area contributed by atoms with Gasteiger partial charge in [0.25, 0.3) is 0 Å². The molecule has 0 spiro atoms. The molecule has 3 aromatic rings. The van der Waals surface area contributed by atoms with E-state index < -0.39 is 5.82 Å². The monoisotopic (exact) mass is 420 g/mol. The molecule has 0 saturated heterocycles. The molecule has 27 heavy (non-hydrogen) atoms. The molecule has 7 heteroatoms. The number of thiazole rings is 1. The Hall–Kier alpha value is -1.89. The highest BCUT2D eigenvalue weighted by Gasteiger charge is 2.19. The van der Waals surface area contributed by atoms with Gasteiger partial charge >= 0.3 is 0 Å². The molecule has 0 unspecified atom stereocenters. The smallest absolute Gasteiger partial charge is 0.230 e. The Morgan fingerprint density at radius 2 is 2.04 bits per heavy atom. The molecule has 3 nitrogen and oxygen atoms in total. The van der Waals surface area contributed by atoms with Crippen molar-refractivity contribution in [2.45, 2.75) is 31.4 Å². The van der Waals surface area contributed by atoms with Crippen LogP contribution in [0.25, 0.3) is 0 Å². The molecular weight excluding hydrogens is 403 g/mol. The van der Waals surface area contributed by atoms with Gasteiger partial charge in [0.2, 0.25) is 5.91 Å². The molecule has 2 aromatic carbocycles. The molecule has 0 aliphatic heterocycles. The van der Waals surface area contributed by atoms with Gasteiger partial charge in [-0.2, -0.15) is 0 Å². The Bertz CT molecular complexity index is 990. The third kappa shape index (κ3) is 4.69. The zero-order valence-electron chi connectivity index (χ0n) is 15.1. The molecule has 0 radical (unpaired) electrons. The molecule has 140 valence electrons. The van der Waals surface area contributed by atoms with Crippen molar-refractivity contribution in [3.05, 3.63) is 69.4 Å². The van der Waals surface area contributed by atoms with Gasteiger partial charge in [-0.25, -0.2) is 9.37 Å². The number of carbonyl (C=O) groups is 1. The first-order chi connectivity index (χ1) is 12.8. The topological polar surface area (TPSA) is 33.2 Å². The lowest BCUT2D eigenvalue weighted by Crippen LogP contribution is -2.23. The molecule has 0 aliphatic carbocycles. The first-order valence-electron chi connectivity index (χ1n) is 8.25. The van der Waals surface area contributed by atoms with E-state index in [0.29, 0.717) is 10.9 Å². The molecule has 3 rings (SSSR count).